The number of carbonyl (C=O) groups is 1. The second-order valence-electron chi connectivity index (χ2n) is 3.62. The lowest BCUT2D eigenvalue weighted by Crippen LogP contribution is -2.43. The number of nitrogens with two attached hydrogens (primary N) is 1. The van der Waals surface area contributed by atoms with E-state index < -0.39 is 0 Å². The van der Waals surface area contributed by atoms with Gasteiger partial charge in [0.1, 0.15) is 0 Å². The van der Waals surface area contributed by atoms with Crippen molar-refractivity contribution in [1.82, 2.24) is 4.90 Å². The first-order valence-corrected chi connectivity index (χ1v) is 5.01. The van der Waals surface area contributed by atoms with Gasteiger partial charge in [-0.05, 0) is 27.7 Å². The minimum Gasteiger partial charge on any atom is -0.447 e. The molecule has 1 amide bonds. The van der Waals surface area contributed by atoms with Crippen LogP contribution in [0.5, 0.6) is 0 Å². The van der Waals surface area contributed by atoms with E-state index in [1.165, 1.54) is 4.90 Å². The van der Waals surface area contributed by atoms with Crippen molar-refractivity contribution in [2.45, 2.75) is 39.8 Å². The molecule has 0 bridgehead atoms. The molecule has 0 aromatic heterocycles. The molecule has 0 aromatic rings. The molecule has 5 heteroatoms. The molecular weight excluding hydrogens is 200 g/mol. The molecule has 14 heavy (non-hydrogen) atoms. The maximum atomic E-state index is 11.5. The number of rotatable bonds is 4. The molecule has 0 aromatic carbocycles. The lowest BCUT2D eigenvalue weighted by atomic mass is 10.3. The van der Waals surface area contributed by atoms with Gasteiger partial charge in [-0.3, -0.25) is 4.90 Å². The zero-order valence-electron chi connectivity index (χ0n) is 9.11. The van der Waals surface area contributed by atoms with Crippen molar-refractivity contribution in [3.05, 3.63) is 0 Å². The van der Waals surface area contributed by atoms with E-state index in [0.717, 1.165) is 0 Å². The molecule has 0 fully saturated rings. The Labute approximate surface area is 90.4 Å². The van der Waals surface area contributed by atoms with Crippen LogP contribution in [0.25, 0.3) is 0 Å². The lowest BCUT2D eigenvalue weighted by Gasteiger charge is -2.26. The van der Waals surface area contributed by atoms with Crippen molar-refractivity contribution >= 4 is 23.3 Å². The van der Waals surface area contributed by atoms with E-state index in [9.17, 15) is 4.79 Å². The maximum Gasteiger partial charge on any atom is 0.410 e. The van der Waals surface area contributed by atoms with Gasteiger partial charge >= 0.3 is 6.09 Å². The molecule has 2 N–H and O–H groups in total. The third-order valence-corrected chi connectivity index (χ3v) is 1.65. The highest BCUT2D eigenvalue weighted by Gasteiger charge is 2.19. The molecule has 0 aliphatic heterocycles. The summed E-state index contributed by atoms with van der Waals surface area (Å²) in [5, 5.41) is 0. The Hall–Kier alpha value is -0.840. The topological polar surface area (TPSA) is 55.6 Å². The average Bonchev–Trinajstić information content (AvgIpc) is 1.97. The van der Waals surface area contributed by atoms with Crippen molar-refractivity contribution in [3.8, 4) is 0 Å². The van der Waals surface area contributed by atoms with E-state index in [1.807, 2.05) is 13.8 Å². The summed E-state index contributed by atoms with van der Waals surface area (Å²) in [6, 6.07) is 0.0303. The van der Waals surface area contributed by atoms with Gasteiger partial charge < -0.3 is 10.5 Å². The first-order chi connectivity index (χ1) is 6.34. The van der Waals surface area contributed by atoms with Crippen LogP contribution in [0.15, 0.2) is 0 Å². The monoisotopic (exact) mass is 218 g/mol. The first-order valence-electron chi connectivity index (χ1n) is 4.60. The van der Waals surface area contributed by atoms with Crippen molar-refractivity contribution in [1.29, 1.82) is 0 Å². The Balaban J connectivity index is 4.33. The number of nitrogens with zero attached hydrogens (tertiary/aromatic N) is 1. The Kier molecular flexibility index (Phi) is 5.45. The summed E-state index contributed by atoms with van der Waals surface area (Å²) in [7, 11) is 0. The molecule has 0 heterocycles. The zero-order chi connectivity index (χ0) is 11.3. The number of carbonyl (C=O) groups excluding carboxylic acids is 1. The van der Waals surface area contributed by atoms with Gasteiger partial charge in [-0.25, -0.2) is 4.79 Å². The van der Waals surface area contributed by atoms with Gasteiger partial charge in [0.25, 0.3) is 0 Å². The largest absolute Gasteiger partial charge is 0.447 e. The van der Waals surface area contributed by atoms with E-state index in [1.54, 1.807) is 13.8 Å². The normalized spacial score (nSPS) is 10.4. The Morgan fingerprint density at radius 2 is 1.93 bits per heavy atom. The summed E-state index contributed by atoms with van der Waals surface area (Å²) >= 11 is 4.75. The van der Waals surface area contributed by atoms with Crippen LogP contribution in [0.3, 0.4) is 0 Å². The van der Waals surface area contributed by atoms with Gasteiger partial charge in [-0.1, -0.05) is 12.2 Å². The van der Waals surface area contributed by atoms with Gasteiger partial charge in [0, 0.05) is 6.04 Å². The predicted octanol–water partition coefficient (Wildman–Crippen LogP) is 1.53. The van der Waals surface area contributed by atoms with Gasteiger partial charge in [-0.15, -0.1) is 0 Å². The van der Waals surface area contributed by atoms with Crippen molar-refractivity contribution in [2.75, 3.05) is 6.54 Å². The summed E-state index contributed by atoms with van der Waals surface area (Å²) in [6.45, 7) is 7.65. The zero-order valence-corrected chi connectivity index (χ0v) is 9.93. The third-order valence-electron chi connectivity index (χ3n) is 1.52. The molecule has 0 aliphatic rings. The number of ether oxygens (including phenoxy) is 1. The fourth-order valence-corrected chi connectivity index (χ4v) is 1.03. The molecule has 0 aliphatic carbocycles. The fourth-order valence-electron chi connectivity index (χ4n) is 0.895. The maximum absolute atomic E-state index is 11.5. The first kappa shape index (κ1) is 13.2. The molecule has 0 rings (SSSR count). The molecule has 0 saturated carbocycles. The number of thiocarbonyl (C=S) groups is 1. The minimum absolute atomic E-state index is 0.0303. The van der Waals surface area contributed by atoms with Gasteiger partial charge in [-0.2, -0.15) is 0 Å². The van der Waals surface area contributed by atoms with Crippen LogP contribution in [0.2, 0.25) is 0 Å². The van der Waals surface area contributed by atoms with E-state index >= 15 is 0 Å². The lowest BCUT2D eigenvalue weighted by molar-refractivity contribution is 0.0732. The van der Waals surface area contributed by atoms with Crippen LogP contribution in [-0.2, 0) is 4.74 Å². The van der Waals surface area contributed by atoms with Crippen LogP contribution in [0, 0.1) is 0 Å². The summed E-state index contributed by atoms with van der Waals surface area (Å²) in [4.78, 5) is 13.3. The Morgan fingerprint density at radius 1 is 1.43 bits per heavy atom. The summed E-state index contributed by atoms with van der Waals surface area (Å²) in [5.74, 6) is 0. The molecule has 0 unspecified atom stereocenters. The highest BCUT2D eigenvalue weighted by Crippen LogP contribution is 2.03. The van der Waals surface area contributed by atoms with E-state index in [2.05, 4.69) is 0 Å². The second-order valence-corrected chi connectivity index (χ2v) is 4.14. The molecule has 0 saturated heterocycles. The quantitative estimate of drug-likeness (QED) is 0.727. The summed E-state index contributed by atoms with van der Waals surface area (Å²) in [6.07, 6.45) is -0.502. The van der Waals surface area contributed by atoms with Crippen molar-refractivity contribution in [2.24, 2.45) is 5.73 Å². The van der Waals surface area contributed by atoms with Gasteiger partial charge in [0.2, 0.25) is 0 Å². The van der Waals surface area contributed by atoms with Crippen LogP contribution >= 0.6 is 12.2 Å². The molecule has 0 radical (unpaired) electrons. The van der Waals surface area contributed by atoms with E-state index in [0.29, 0.717) is 4.99 Å². The van der Waals surface area contributed by atoms with Gasteiger partial charge in [0.05, 0.1) is 17.6 Å². The second kappa shape index (κ2) is 5.80. The number of hydrogen-bond acceptors (Lipinski definition) is 3. The van der Waals surface area contributed by atoms with Crippen LogP contribution in [0.4, 0.5) is 4.79 Å². The van der Waals surface area contributed by atoms with Crippen LogP contribution in [-0.4, -0.2) is 34.7 Å². The average molecular weight is 218 g/mol. The minimum atomic E-state index is -0.372. The van der Waals surface area contributed by atoms with Crippen LogP contribution < -0.4 is 5.73 Å². The number of hydrogen-bond donors (Lipinski definition) is 1. The SMILES string of the molecule is CC(C)OC(=O)N(CC(N)=S)C(C)C. The standard InChI is InChI=1S/C9H18N2O2S/c1-6(2)11(5-8(10)14)9(12)13-7(3)4/h6-7H,5H2,1-4H3,(H2,10,14). The molecule has 82 valence electrons. The molecule has 0 spiro atoms. The number of amides is 1. The predicted molar refractivity (Wildman–Crippen MR) is 60.2 cm³/mol. The van der Waals surface area contributed by atoms with Gasteiger partial charge in [0.15, 0.2) is 0 Å². The van der Waals surface area contributed by atoms with Crippen molar-refractivity contribution in [3.63, 3.8) is 0 Å². The smallest absolute Gasteiger partial charge is 0.410 e. The Morgan fingerprint density at radius 3 is 2.21 bits per heavy atom. The fraction of sp³-hybridized carbons (Fsp3) is 0.778. The highest BCUT2D eigenvalue weighted by atomic mass is 32.1. The molecule has 0 atom stereocenters. The third kappa shape index (κ3) is 5.01. The van der Waals surface area contributed by atoms with E-state index in [-0.39, 0.29) is 24.8 Å². The Bertz CT molecular complexity index is 217. The highest BCUT2D eigenvalue weighted by molar-refractivity contribution is 7.80. The summed E-state index contributed by atoms with van der Waals surface area (Å²) < 4.78 is 5.05. The van der Waals surface area contributed by atoms with Crippen molar-refractivity contribution < 1.29 is 9.53 Å². The summed E-state index contributed by atoms with van der Waals surface area (Å²) in [5.41, 5.74) is 5.38. The molecular formula is C9H18N2O2S. The van der Waals surface area contributed by atoms with Crippen LogP contribution in [0.1, 0.15) is 27.7 Å². The molecule has 4 nitrogen and oxygen atoms in total. The van der Waals surface area contributed by atoms with E-state index in [4.69, 9.17) is 22.7 Å².